The summed E-state index contributed by atoms with van der Waals surface area (Å²) in [5.41, 5.74) is 1.00. The lowest BCUT2D eigenvalue weighted by atomic mass is 10.2. The molecule has 1 rings (SSSR count). The highest BCUT2D eigenvalue weighted by Crippen LogP contribution is 2.12. The lowest BCUT2D eigenvalue weighted by molar-refractivity contribution is 0.177. The zero-order valence-corrected chi connectivity index (χ0v) is 10.8. The molecule has 0 radical (unpaired) electrons. The topological polar surface area (TPSA) is 23.6 Å². The number of benzene rings is 1. The predicted octanol–water partition coefficient (Wildman–Crippen LogP) is 3.02. The molecule has 0 bridgehead atoms. The monoisotopic (exact) mass is 260 g/mol. The molecule has 0 atom stereocenters. The van der Waals surface area contributed by atoms with E-state index in [0.29, 0.717) is 11.6 Å². The third-order valence-electron chi connectivity index (χ3n) is 2.08. The molecule has 0 unspecified atom stereocenters. The zero-order valence-electron chi connectivity index (χ0n) is 9.28. The summed E-state index contributed by atoms with van der Waals surface area (Å²) in [6.07, 6.45) is 0. The molecule has 2 amide bonds. The fourth-order valence-electron chi connectivity index (χ4n) is 1.25. The average Bonchev–Trinajstić information content (AvgIpc) is 2.27. The van der Waals surface area contributed by atoms with E-state index in [9.17, 15) is 4.79 Å². The summed E-state index contributed by atoms with van der Waals surface area (Å²) in [6, 6.07) is 7.41. The SMILES string of the molecule is CN(C)C(=O)N(CCl)Cc1ccc(Cl)cc1. The van der Waals surface area contributed by atoms with Gasteiger partial charge in [0.05, 0.1) is 6.00 Å². The van der Waals surface area contributed by atoms with E-state index < -0.39 is 0 Å². The normalized spacial score (nSPS) is 10.0. The molecule has 0 N–H and O–H groups in total. The van der Waals surface area contributed by atoms with Gasteiger partial charge in [-0.05, 0) is 17.7 Å². The Hall–Kier alpha value is -0.930. The number of amides is 2. The van der Waals surface area contributed by atoms with Crippen molar-refractivity contribution in [1.82, 2.24) is 9.80 Å². The second kappa shape index (κ2) is 5.97. The molecule has 16 heavy (non-hydrogen) atoms. The van der Waals surface area contributed by atoms with Gasteiger partial charge in [-0.3, -0.25) is 0 Å². The van der Waals surface area contributed by atoms with Gasteiger partial charge in [0.2, 0.25) is 0 Å². The molecule has 3 nitrogen and oxygen atoms in total. The minimum Gasteiger partial charge on any atom is -0.331 e. The van der Waals surface area contributed by atoms with Gasteiger partial charge in [-0.1, -0.05) is 23.7 Å². The Morgan fingerprint density at radius 1 is 1.25 bits per heavy atom. The number of nitrogens with zero attached hydrogens (tertiary/aromatic N) is 2. The van der Waals surface area contributed by atoms with Crippen LogP contribution in [-0.2, 0) is 6.54 Å². The molecule has 1 aromatic carbocycles. The maximum atomic E-state index is 11.7. The third kappa shape index (κ3) is 3.58. The van der Waals surface area contributed by atoms with E-state index in [1.165, 1.54) is 4.90 Å². The molecule has 0 aromatic heterocycles. The van der Waals surface area contributed by atoms with Gasteiger partial charge >= 0.3 is 6.03 Å². The van der Waals surface area contributed by atoms with E-state index in [-0.39, 0.29) is 12.0 Å². The van der Waals surface area contributed by atoms with Crippen molar-refractivity contribution in [3.63, 3.8) is 0 Å². The summed E-state index contributed by atoms with van der Waals surface area (Å²) >= 11 is 11.5. The molecular formula is C11H14Cl2N2O. The predicted molar refractivity (Wildman–Crippen MR) is 66.8 cm³/mol. The van der Waals surface area contributed by atoms with E-state index in [1.807, 2.05) is 12.1 Å². The Bertz CT molecular complexity index is 352. The third-order valence-corrected chi connectivity index (χ3v) is 2.62. The first-order valence-electron chi connectivity index (χ1n) is 4.81. The van der Waals surface area contributed by atoms with Gasteiger partial charge in [-0.2, -0.15) is 0 Å². The molecular weight excluding hydrogens is 247 g/mol. The Kier molecular flexibility index (Phi) is 4.90. The van der Waals surface area contributed by atoms with E-state index in [2.05, 4.69) is 0 Å². The second-order valence-electron chi connectivity index (χ2n) is 3.62. The Morgan fingerprint density at radius 3 is 2.25 bits per heavy atom. The highest BCUT2D eigenvalue weighted by atomic mass is 35.5. The van der Waals surface area contributed by atoms with Crippen LogP contribution in [0.4, 0.5) is 4.79 Å². The van der Waals surface area contributed by atoms with Gasteiger partial charge in [0.15, 0.2) is 0 Å². The molecule has 0 spiro atoms. The van der Waals surface area contributed by atoms with Crippen molar-refractivity contribution in [1.29, 1.82) is 0 Å². The fourth-order valence-corrected chi connectivity index (χ4v) is 1.57. The van der Waals surface area contributed by atoms with Gasteiger partial charge in [-0.25, -0.2) is 4.79 Å². The van der Waals surface area contributed by atoms with Crippen LogP contribution in [-0.4, -0.2) is 35.9 Å². The van der Waals surface area contributed by atoms with Crippen LogP contribution >= 0.6 is 23.2 Å². The number of halogens is 2. The highest BCUT2D eigenvalue weighted by Gasteiger charge is 2.14. The number of rotatable bonds is 3. The Labute approximate surface area is 106 Å². The van der Waals surface area contributed by atoms with Gasteiger partial charge in [0.25, 0.3) is 0 Å². The number of urea groups is 1. The van der Waals surface area contributed by atoms with E-state index in [1.54, 1.807) is 31.1 Å². The van der Waals surface area contributed by atoms with E-state index in [0.717, 1.165) is 5.56 Å². The van der Waals surface area contributed by atoms with Crippen molar-refractivity contribution in [2.75, 3.05) is 20.1 Å². The standard InChI is InChI=1S/C11H14Cl2N2O/c1-14(2)11(16)15(8-12)7-9-3-5-10(13)6-4-9/h3-6H,7-8H2,1-2H3. The highest BCUT2D eigenvalue weighted by molar-refractivity contribution is 6.30. The van der Waals surface area contributed by atoms with Gasteiger partial charge < -0.3 is 9.80 Å². The molecule has 0 heterocycles. The zero-order chi connectivity index (χ0) is 12.1. The maximum Gasteiger partial charge on any atom is 0.320 e. The molecule has 0 aliphatic carbocycles. The summed E-state index contributed by atoms with van der Waals surface area (Å²) in [5.74, 6) is 0. The average molecular weight is 261 g/mol. The molecule has 0 saturated carbocycles. The summed E-state index contributed by atoms with van der Waals surface area (Å²) in [4.78, 5) is 14.7. The summed E-state index contributed by atoms with van der Waals surface area (Å²) in [6.45, 7) is 0.484. The van der Waals surface area contributed by atoms with Crippen LogP contribution in [0.3, 0.4) is 0 Å². The smallest absolute Gasteiger partial charge is 0.320 e. The maximum absolute atomic E-state index is 11.7. The quantitative estimate of drug-likeness (QED) is 0.606. The second-order valence-corrected chi connectivity index (χ2v) is 4.30. The largest absolute Gasteiger partial charge is 0.331 e. The number of hydrogen-bond donors (Lipinski definition) is 0. The first-order chi connectivity index (χ1) is 7.54. The minimum absolute atomic E-state index is 0.107. The minimum atomic E-state index is -0.107. The molecule has 0 fully saturated rings. The van der Waals surface area contributed by atoms with Gasteiger partial charge in [0, 0.05) is 25.7 Å². The first-order valence-corrected chi connectivity index (χ1v) is 5.72. The van der Waals surface area contributed by atoms with Crippen molar-refractivity contribution < 1.29 is 4.79 Å². The van der Waals surface area contributed by atoms with Crippen molar-refractivity contribution in [3.05, 3.63) is 34.9 Å². The van der Waals surface area contributed by atoms with Crippen LogP contribution in [0, 0.1) is 0 Å². The number of carbonyl (C=O) groups is 1. The van der Waals surface area contributed by atoms with Gasteiger partial charge in [0.1, 0.15) is 0 Å². The molecule has 88 valence electrons. The van der Waals surface area contributed by atoms with Crippen LogP contribution in [0.2, 0.25) is 5.02 Å². The summed E-state index contributed by atoms with van der Waals surface area (Å²) in [7, 11) is 3.40. The molecule has 0 aliphatic rings. The fraction of sp³-hybridized carbons (Fsp3) is 0.364. The van der Waals surface area contributed by atoms with Crippen LogP contribution in [0.1, 0.15) is 5.56 Å². The molecule has 5 heteroatoms. The van der Waals surface area contributed by atoms with Crippen molar-refractivity contribution in [3.8, 4) is 0 Å². The van der Waals surface area contributed by atoms with E-state index >= 15 is 0 Å². The lowest BCUT2D eigenvalue weighted by Gasteiger charge is -2.23. The van der Waals surface area contributed by atoms with Crippen molar-refractivity contribution >= 4 is 29.2 Å². The number of hydrogen-bond acceptors (Lipinski definition) is 1. The number of alkyl halides is 1. The lowest BCUT2D eigenvalue weighted by Crippen LogP contribution is -2.37. The molecule has 0 aliphatic heterocycles. The van der Waals surface area contributed by atoms with E-state index in [4.69, 9.17) is 23.2 Å². The first kappa shape index (κ1) is 13.1. The van der Waals surface area contributed by atoms with Crippen LogP contribution in [0.15, 0.2) is 24.3 Å². The van der Waals surface area contributed by atoms with Gasteiger partial charge in [-0.15, -0.1) is 11.6 Å². The number of carbonyl (C=O) groups excluding carboxylic acids is 1. The molecule has 1 aromatic rings. The van der Waals surface area contributed by atoms with Crippen molar-refractivity contribution in [2.45, 2.75) is 6.54 Å². The van der Waals surface area contributed by atoms with Crippen molar-refractivity contribution in [2.24, 2.45) is 0 Å². The Morgan fingerprint density at radius 2 is 1.81 bits per heavy atom. The van der Waals surface area contributed by atoms with Crippen LogP contribution in [0.5, 0.6) is 0 Å². The Balaban J connectivity index is 2.70. The van der Waals surface area contributed by atoms with Crippen LogP contribution < -0.4 is 0 Å². The summed E-state index contributed by atoms with van der Waals surface area (Å²) in [5, 5.41) is 0.681. The molecule has 0 saturated heterocycles. The van der Waals surface area contributed by atoms with Crippen LogP contribution in [0.25, 0.3) is 0 Å². The summed E-state index contributed by atoms with van der Waals surface area (Å²) < 4.78 is 0.